The topological polar surface area (TPSA) is 29.5 Å². The van der Waals surface area contributed by atoms with Crippen LogP contribution in [0.25, 0.3) is 0 Å². The molecule has 0 bridgehead atoms. The molecule has 3 nitrogen and oxygen atoms in total. The van der Waals surface area contributed by atoms with Gasteiger partial charge in [0, 0.05) is 12.6 Å². The van der Waals surface area contributed by atoms with E-state index in [0.717, 1.165) is 45.1 Å². The van der Waals surface area contributed by atoms with E-state index >= 15 is 0 Å². The summed E-state index contributed by atoms with van der Waals surface area (Å²) in [6, 6.07) is 9.40. The van der Waals surface area contributed by atoms with Crippen molar-refractivity contribution in [2.45, 2.75) is 63.1 Å². The fraction of sp³-hybridized carbons (Fsp3) is 0.611. The van der Waals surface area contributed by atoms with Gasteiger partial charge in [0.25, 0.3) is 5.91 Å². The molecule has 0 N–H and O–H groups in total. The van der Waals surface area contributed by atoms with Crippen molar-refractivity contribution < 1.29 is 9.53 Å². The first kappa shape index (κ1) is 13.3. The Bertz CT molecular complexity index is 532. The monoisotopic (exact) mass is 285 g/mol. The van der Waals surface area contributed by atoms with Crippen LogP contribution < -0.4 is 0 Å². The maximum Gasteiger partial charge on any atom is 0.252 e. The molecule has 1 aromatic carbocycles. The first-order valence-electron chi connectivity index (χ1n) is 8.36. The van der Waals surface area contributed by atoms with Gasteiger partial charge in [0.15, 0.2) is 0 Å². The van der Waals surface area contributed by atoms with Crippen LogP contribution in [0.3, 0.4) is 0 Å². The van der Waals surface area contributed by atoms with Gasteiger partial charge in [-0.25, -0.2) is 0 Å². The molecule has 2 unspecified atom stereocenters. The molecule has 1 heterocycles. The Kier molecular flexibility index (Phi) is 3.46. The normalized spacial score (nSPS) is 28.2. The number of nitrogens with zero attached hydrogens (tertiary/aromatic N) is 1. The largest absolute Gasteiger partial charge is 0.368 e. The lowest BCUT2D eigenvalue weighted by Gasteiger charge is -2.37. The molecule has 112 valence electrons. The standard InChI is InChI=1S/C18H23NO2/c20-18(17-9-4-12-21-17)19(14-10-11-14)16-8-3-6-13-5-1-2-7-15(13)16/h1-2,5,7,14,16-17H,3-4,6,8-12H2. The molecule has 4 rings (SSSR count). The number of ether oxygens (including phenoxy) is 1. The summed E-state index contributed by atoms with van der Waals surface area (Å²) in [6.45, 7) is 0.746. The number of amides is 1. The van der Waals surface area contributed by atoms with Gasteiger partial charge in [-0.05, 0) is 56.1 Å². The number of rotatable bonds is 3. The fourth-order valence-electron chi connectivity index (χ4n) is 3.90. The molecule has 0 radical (unpaired) electrons. The van der Waals surface area contributed by atoms with Crippen molar-refractivity contribution in [1.29, 1.82) is 0 Å². The van der Waals surface area contributed by atoms with Crippen molar-refractivity contribution in [3.8, 4) is 0 Å². The number of carbonyl (C=O) groups excluding carboxylic acids is 1. The van der Waals surface area contributed by atoms with E-state index in [4.69, 9.17) is 4.74 Å². The van der Waals surface area contributed by atoms with Gasteiger partial charge in [-0.1, -0.05) is 24.3 Å². The lowest BCUT2D eigenvalue weighted by atomic mass is 9.86. The average Bonchev–Trinajstić information content (AvgIpc) is 3.20. The summed E-state index contributed by atoms with van der Waals surface area (Å²) in [5.41, 5.74) is 2.81. The van der Waals surface area contributed by atoms with Crippen molar-refractivity contribution in [1.82, 2.24) is 4.90 Å². The van der Waals surface area contributed by atoms with Crippen LogP contribution in [-0.4, -0.2) is 29.6 Å². The van der Waals surface area contributed by atoms with Gasteiger partial charge in [0.1, 0.15) is 6.10 Å². The Hall–Kier alpha value is -1.35. The molecule has 3 aliphatic rings. The van der Waals surface area contributed by atoms with Crippen LogP contribution >= 0.6 is 0 Å². The minimum absolute atomic E-state index is 0.181. The molecule has 21 heavy (non-hydrogen) atoms. The zero-order chi connectivity index (χ0) is 14.2. The molecule has 0 spiro atoms. The minimum atomic E-state index is -0.181. The van der Waals surface area contributed by atoms with Crippen molar-refractivity contribution >= 4 is 5.91 Å². The summed E-state index contributed by atoms with van der Waals surface area (Å²) in [5.74, 6) is 0.247. The maximum atomic E-state index is 12.9. The van der Waals surface area contributed by atoms with Crippen LogP contribution in [0, 0.1) is 0 Å². The van der Waals surface area contributed by atoms with E-state index in [1.165, 1.54) is 17.5 Å². The summed E-state index contributed by atoms with van der Waals surface area (Å²) >= 11 is 0. The highest BCUT2D eigenvalue weighted by atomic mass is 16.5. The Labute approximate surface area is 126 Å². The van der Waals surface area contributed by atoms with Crippen LogP contribution in [0.15, 0.2) is 24.3 Å². The molecule has 1 saturated carbocycles. The molecule has 2 fully saturated rings. The summed E-state index contributed by atoms with van der Waals surface area (Å²) in [6.07, 6.45) is 7.51. The summed E-state index contributed by atoms with van der Waals surface area (Å²) in [7, 11) is 0. The summed E-state index contributed by atoms with van der Waals surface area (Å²) < 4.78 is 5.66. The van der Waals surface area contributed by atoms with Gasteiger partial charge >= 0.3 is 0 Å². The first-order chi connectivity index (χ1) is 10.3. The third-order valence-electron chi connectivity index (χ3n) is 5.07. The molecule has 3 heteroatoms. The molecule has 2 atom stereocenters. The molecule has 0 aromatic heterocycles. The van der Waals surface area contributed by atoms with Gasteiger partial charge < -0.3 is 9.64 Å². The van der Waals surface area contributed by atoms with Gasteiger partial charge in [0.2, 0.25) is 0 Å². The number of hydrogen-bond acceptors (Lipinski definition) is 2. The maximum absolute atomic E-state index is 12.9. The van der Waals surface area contributed by atoms with Crippen molar-refractivity contribution in [2.24, 2.45) is 0 Å². The van der Waals surface area contributed by atoms with E-state index in [2.05, 4.69) is 29.2 Å². The molecular weight excluding hydrogens is 262 g/mol. The lowest BCUT2D eigenvalue weighted by molar-refractivity contribution is -0.144. The van der Waals surface area contributed by atoms with Crippen LogP contribution in [0.1, 0.15) is 55.7 Å². The van der Waals surface area contributed by atoms with Gasteiger partial charge in [-0.2, -0.15) is 0 Å². The number of hydrogen-bond donors (Lipinski definition) is 0. The highest BCUT2D eigenvalue weighted by Gasteiger charge is 2.42. The number of aryl methyl sites for hydroxylation is 1. The minimum Gasteiger partial charge on any atom is -0.368 e. The second-order valence-electron chi connectivity index (χ2n) is 6.59. The molecule has 2 aliphatic carbocycles. The Balaban J connectivity index is 1.64. The Morgan fingerprint density at radius 2 is 1.95 bits per heavy atom. The van der Waals surface area contributed by atoms with Crippen LogP contribution in [0.4, 0.5) is 0 Å². The number of carbonyl (C=O) groups is 1. The number of benzene rings is 1. The average molecular weight is 285 g/mol. The van der Waals surface area contributed by atoms with Crippen molar-refractivity contribution in [3.05, 3.63) is 35.4 Å². The van der Waals surface area contributed by atoms with Gasteiger partial charge in [-0.15, -0.1) is 0 Å². The fourth-order valence-corrected chi connectivity index (χ4v) is 3.90. The molecule has 1 aromatic rings. The highest BCUT2D eigenvalue weighted by molar-refractivity contribution is 5.82. The third-order valence-corrected chi connectivity index (χ3v) is 5.07. The van der Waals surface area contributed by atoms with Crippen LogP contribution in [0.5, 0.6) is 0 Å². The lowest BCUT2D eigenvalue weighted by Crippen LogP contribution is -2.43. The Morgan fingerprint density at radius 3 is 2.71 bits per heavy atom. The zero-order valence-corrected chi connectivity index (χ0v) is 12.5. The third kappa shape index (κ3) is 2.48. The van der Waals surface area contributed by atoms with Crippen molar-refractivity contribution in [3.63, 3.8) is 0 Å². The molecular formula is C18H23NO2. The van der Waals surface area contributed by atoms with E-state index in [1.54, 1.807) is 0 Å². The second kappa shape index (κ2) is 5.45. The van der Waals surface area contributed by atoms with E-state index in [1.807, 2.05) is 0 Å². The SMILES string of the molecule is O=C(C1CCCO1)N(C1CC1)C1CCCc2ccccc21. The quantitative estimate of drug-likeness (QED) is 0.853. The second-order valence-corrected chi connectivity index (χ2v) is 6.59. The highest BCUT2D eigenvalue weighted by Crippen LogP contribution is 2.41. The smallest absolute Gasteiger partial charge is 0.252 e. The molecule has 1 amide bonds. The van der Waals surface area contributed by atoms with Crippen LogP contribution in [-0.2, 0) is 16.0 Å². The molecule has 1 aliphatic heterocycles. The van der Waals surface area contributed by atoms with E-state index in [9.17, 15) is 4.79 Å². The predicted octanol–water partition coefficient (Wildman–Crippen LogP) is 3.23. The zero-order valence-electron chi connectivity index (χ0n) is 12.5. The number of fused-ring (bicyclic) bond motifs is 1. The predicted molar refractivity (Wildman–Crippen MR) is 81.0 cm³/mol. The van der Waals surface area contributed by atoms with Crippen molar-refractivity contribution in [2.75, 3.05) is 6.61 Å². The first-order valence-corrected chi connectivity index (χ1v) is 8.36. The molecule has 1 saturated heterocycles. The van der Waals surface area contributed by atoms with E-state index in [-0.39, 0.29) is 18.1 Å². The van der Waals surface area contributed by atoms with Crippen LogP contribution in [0.2, 0.25) is 0 Å². The summed E-state index contributed by atoms with van der Waals surface area (Å²) in [4.78, 5) is 15.1. The van der Waals surface area contributed by atoms with E-state index in [0.29, 0.717) is 6.04 Å². The van der Waals surface area contributed by atoms with Gasteiger partial charge in [0.05, 0.1) is 6.04 Å². The van der Waals surface area contributed by atoms with E-state index < -0.39 is 0 Å². The van der Waals surface area contributed by atoms with Gasteiger partial charge in [-0.3, -0.25) is 4.79 Å². The summed E-state index contributed by atoms with van der Waals surface area (Å²) in [5, 5.41) is 0. The Morgan fingerprint density at radius 1 is 1.10 bits per heavy atom.